The summed E-state index contributed by atoms with van der Waals surface area (Å²) in [4.78, 5) is 34.0. The molecular formula is C14H14Cl3NO5S. The Balaban J connectivity index is 2.29. The first-order valence-electron chi connectivity index (χ1n) is 6.59. The van der Waals surface area contributed by atoms with E-state index in [4.69, 9.17) is 39.5 Å². The van der Waals surface area contributed by atoms with E-state index in [-0.39, 0.29) is 12.4 Å². The van der Waals surface area contributed by atoms with Crippen LogP contribution in [0.25, 0.3) is 0 Å². The third-order valence-electron chi connectivity index (χ3n) is 2.41. The van der Waals surface area contributed by atoms with Gasteiger partial charge in [-0.1, -0.05) is 65.1 Å². The van der Waals surface area contributed by atoms with E-state index < -0.39 is 27.8 Å². The van der Waals surface area contributed by atoms with E-state index in [1.54, 1.807) is 12.1 Å². The van der Waals surface area contributed by atoms with Gasteiger partial charge in [0.2, 0.25) is 3.79 Å². The molecule has 0 heterocycles. The van der Waals surface area contributed by atoms with E-state index in [0.29, 0.717) is 18.0 Å². The van der Waals surface area contributed by atoms with Crippen molar-refractivity contribution in [3.8, 4) is 0 Å². The second kappa shape index (κ2) is 10.7. The molecule has 1 rings (SSSR count). The van der Waals surface area contributed by atoms with E-state index in [1.165, 1.54) is 0 Å². The van der Waals surface area contributed by atoms with Crippen LogP contribution in [0.15, 0.2) is 30.3 Å². The predicted octanol–water partition coefficient (Wildman–Crippen LogP) is 3.72. The van der Waals surface area contributed by atoms with E-state index >= 15 is 0 Å². The molecule has 0 saturated heterocycles. The summed E-state index contributed by atoms with van der Waals surface area (Å²) in [6.07, 6.45) is -0.287. The number of rotatable bonds is 7. The smallest absolute Gasteiger partial charge is 0.408 e. The highest BCUT2D eigenvalue weighted by Crippen LogP contribution is 2.26. The zero-order chi connectivity index (χ0) is 18.0. The third-order valence-corrected chi connectivity index (χ3v) is 3.62. The van der Waals surface area contributed by atoms with Crippen LogP contribution in [0.4, 0.5) is 9.59 Å². The van der Waals surface area contributed by atoms with E-state index in [1.807, 2.05) is 18.2 Å². The lowest BCUT2D eigenvalue weighted by molar-refractivity contribution is -0.109. The van der Waals surface area contributed by atoms with Crippen LogP contribution in [0.3, 0.4) is 0 Å². The number of halogens is 3. The molecule has 1 aromatic rings. The Bertz CT molecular complexity index is 553. The summed E-state index contributed by atoms with van der Waals surface area (Å²) in [6, 6.07) is 8.13. The number of aldehydes is 1. The van der Waals surface area contributed by atoms with Gasteiger partial charge in [-0.25, -0.2) is 9.59 Å². The maximum atomic E-state index is 11.6. The molecule has 1 aromatic carbocycles. The average molecular weight is 415 g/mol. The Labute approximate surface area is 158 Å². The van der Waals surface area contributed by atoms with Gasteiger partial charge in [-0.3, -0.25) is 0 Å². The largest absolute Gasteiger partial charge is 0.453 e. The van der Waals surface area contributed by atoms with Crippen molar-refractivity contribution in [2.75, 3.05) is 12.4 Å². The second-order valence-corrected chi connectivity index (χ2v) is 7.88. The number of ether oxygens (including phenoxy) is 2. The maximum absolute atomic E-state index is 11.6. The molecule has 0 fully saturated rings. The first-order valence-corrected chi connectivity index (χ1v) is 8.71. The van der Waals surface area contributed by atoms with Crippen molar-refractivity contribution in [2.45, 2.75) is 16.4 Å². The van der Waals surface area contributed by atoms with Gasteiger partial charge in [-0.2, -0.15) is 0 Å². The van der Waals surface area contributed by atoms with Crippen molar-refractivity contribution in [1.82, 2.24) is 5.32 Å². The van der Waals surface area contributed by atoms with Crippen LogP contribution in [0, 0.1) is 0 Å². The van der Waals surface area contributed by atoms with Crippen molar-refractivity contribution >= 4 is 64.2 Å². The quantitative estimate of drug-likeness (QED) is 0.416. The van der Waals surface area contributed by atoms with Gasteiger partial charge >= 0.3 is 11.4 Å². The Morgan fingerprint density at radius 2 is 1.88 bits per heavy atom. The summed E-state index contributed by atoms with van der Waals surface area (Å²) in [6.45, 7) is -0.349. The second-order valence-electron chi connectivity index (χ2n) is 4.41. The summed E-state index contributed by atoms with van der Waals surface area (Å²) in [5, 5.41) is 1.60. The van der Waals surface area contributed by atoms with Crippen molar-refractivity contribution in [1.29, 1.82) is 0 Å². The van der Waals surface area contributed by atoms with Gasteiger partial charge in [-0.15, -0.1) is 0 Å². The lowest BCUT2D eigenvalue weighted by Crippen LogP contribution is -2.38. The van der Waals surface area contributed by atoms with E-state index in [9.17, 15) is 14.4 Å². The lowest BCUT2D eigenvalue weighted by atomic mass is 10.2. The molecule has 0 spiro atoms. The molecule has 24 heavy (non-hydrogen) atoms. The van der Waals surface area contributed by atoms with Gasteiger partial charge in [0.1, 0.15) is 19.5 Å². The van der Waals surface area contributed by atoms with Crippen molar-refractivity contribution in [3.63, 3.8) is 0 Å². The molecule has 1 atom stereocenters. The molecule has 0 aliphatic carbocycles. The monoisotopic (exact) mass is 413 g/mol. The highest BCUT2D eigenvalue weighted by atomic mass is 35.6. The number of alkyl halides is 3. The number of carbonyl (C=O) groups excluding carboxylic acids is 3. The zero-order valence-corrected chi connectivity index (χ0v) is 15.3. The van der Waals surface area contributed by atoms with Gasteiger partial charge < -0.3 is 19.6 Å². The summed E-state index contributed by atoms with van der Waals surface area (Å²) in [5.74, 6) is -0.0391. The van der Waals surface area contributed by atoms with Crippen LogP contribution in [0.2, 0.25) is 0 Å². The maximum Gasteiger partial charge on any atom is 0.408 e. The minimum absolute atomic E-state index is 0.0391. The molecule has 0 bridgehead atoms. The first kappa shape index (κ1) is 20.9. The SMILES string of the molecule is O=C[C@H](CSC(=O)OCC(Cl)(Cl)Cl)NC(=O)OCc1ccccc1. The van der Waals surface area contributed by atoms with Crippen LogP contribution in [0.5, 0.6) is 0 Å². The van der Waals surface area contributed by atoms with E-state index in [2.05, 4.69) is 10.1 Å². The number of hydrogen-bond donors (Lipinski definition) is 1. The first-order chi connectivity index (χ1) is 11.3. The third kappa shape index (κ3) is 9.87. The number of nitrogens with one attached hydrogen (secondary N) is 1. The average Bonchev–Trinajstić information content (AvgIpc) is 2.55. The highest BCUT2D eigenvalue weighted by Gasteiger charge is 2.23. The van der Waals surface area contributed by atoms with Crippen LogP contribution in [-0.2, 0) is 20.9 Å². The molecular weight excluding hydrogens is 401 g/mol. The van der Waals surface area contributed by atoms with Crippen molar-refractivity contribution in [3.05, 3.63) is 35.9 Å². The number of benzene rings is 1. The molecule has 0 saturated carbocycles. The van der Waals surface area contributed by atoms with Crippen LogP contribution >= 0.6 is 46.6 Å². The summed E-state index contributed by atoms with van der Waals surface area (Å²) in [7, 11) is 0. The standard InChI is InChI=1S/C14H14Cl3NO5S/c15-14(16,17)9-23-13(21)24-8-11(6-19)18-12(20)22-7-10-4-2-1-3-5-10/h1-6,11H,7-9H2,(H,18,20)/t11-/m1/s1. The Morgan fingerprint density at radius 3 is 2.46 bits per heavy atom. The normalized spacial score (nSPS) is 12.1. The minimum atomic E-state index is -1.71. The van der Waals surface area contributed by atoms with E-state index in [0.717, 1.165) is 5.56 Å². The highest BCUT2D eigenvalue weighted by molar-refractivity contribution is 8.13. The Morgan fingerprint density at radius 1 is 1.21 bits per heavy atom. The van der Waals surface area contributed by atoms with Crippen LogP contribution in [-0.4, -0.2) is 39.9 Å². The molecule has 0 radical (unpaired) electrons. The van der Waals surface area contributed by atoms with Gasteiger partial charge in [0.25, 0.3) is 0 Å². The number of hydrogen-bond acceptors (Lipinski definition) is 6. The van der Waals surface area contributed by atoms with Crippen LogP contribution in [0.1, 0.15) is 5.56 Å². The number of alkyl carbamates (subject to hydrolysis) is 1. The number of thioether (sulfide) groups is 1. The fourth-order valence-electron chi connectivity index (χ4n) is 1.37. The Kier molecular flexibility index (Phi) is 9.28. The molecule has 10 heteroatoms. The van der Waals surface area contributed by atoms with Crippen LogP contribution < -0.4 is 5.32 Å². The zero-order valence-electron chi connectivity index (χ0n) is 12.2. The summed E-state index contributed by atoms with van der Waals surface area (Å²) < 4.78 is 7.94. The lowest BCUT2D eigenvalue weighted by Gasteiger charge is -2.13. The molecule has 0 aliphatic rings. The van der Waals surface area contributed by atoms with Crippen molar-refractivity contribution in [2.24, 2.45) is 0 Å². The molecule has 6 nitrogen and oxygen atoms in total. The fraction of sp³-hybridized carbons (Fsp3) is 0.357. The van der Waals surface area contributed by atoms with Gasteiger partial charge in [0, 0.05) is 5.75 Å². The number of amides is 1. The predicted molar refractivity (Wildman–Crippen MR) is 93.7 cm³/mol. The molecule has 0 aliphatic heterocycles. The molecule has 1 amide bonds. The van der Waals surface area contributed by atoms with Gasteiger partial charge in [0.05, 0.1) is 6.04 Å². The van der Waals surface area contributed by atoms with Crippen molar-refractivity contribution < 1.29 is 23.9 Å². The fourth-order valence-corrected chi connectivity index (χ4v) is 2.15. The number of carbonyl (C=O) groups is 3. The summed E-state index contributed by atoms with van der Waals surface area (Å²) >= 11 is 17.0. The topological polar surface area (TPSA) is 81.7 Å². The van der Waals surface area contributed by atoms with Gasteiger partial charge in [0.15, 0.2) is 0 Å². The molecule has 1 N–H and O–H groups in total. The molecule has 132 valence electrons. The Hall–Kier alpha value is -1.15. The molecule has 0 aromatic heterocycles. The molecule has 0 unspecified atom stereocenters. The van der Waals surface area contributed by atoms with Gasteiger partial charge in [-0.05, 0) is 17.3 Å². The summed E-state index contributed by atoms with van der Waals surface area (Å²) in [5.41, 5.74) is 0.806. The minimum Gasteiger partial charge on any atom is -0.453 e.